The van der Waals surface area contributed by atoms with E-state index in [1.165, 1.54) is 6.07 Å². The number of morpholine rings is 1. The molecule has 0 aromatic heterocycles. The summed E-state index contributed by atoms with van der Waals surface area (Å²) < 4.78 is 25.4. The predicted octanol–water partition coefficient (Wildman–Crippen LogP) is 3.30. The fraction of sp³-hybridized carbons (Fsp3) is 0.409. The van der Waals surface area contributed by atoms with Crippen LogP contribution in [0.25, 0.3) is 0 Å². The van der Waals surface area contributed by atoms with Gasteiger partial charge in [0.2, 0.25) is 5.91 Å². The molecule has 1 heterocycles. The number of rotatable bonds is 7. The van der Waals surface area contributed by atoms with Gasteiger partial charge in [0, 0.05) is 25.2 Å². The molecule has 28 heavy (non-hydrogen) atoms. The second kappa shape index (κ2) is 9.66. The van der Waals surface area contributed by atoms with Crippen LogP contribution in [-0.2, 0) is 16.1 Å². The summed E-state index contributed by atoms with van der Waals surface area (Å²) in [6, 6.07) is 13.4. The van der Waals surface area contributed by atoms with Gasteiger partial charge >= 0.3 is 0 Å². The standard InChI is InChI=1S/C22H27FN2O3/c1-16(2)28-18-9-7-17(8-10-18)15-24-22(26)21(25-11-13-27-14-12-25)19-5-3-4-6-20(19)23/h3-10,16,21H,11-15H2,1-2H3,(H,24,26). The summed E-state index contributed by atoms with van der Waals surface area (Å²) in [6.07, 6.45) is 0.112. The van der Waals surface area contributed by atoms with Gasteiger partial charge < -0.3 is 14.8 Å². The summed E-state index contributed by atoms with van der Waals surface area (Å²) in [7, 11) is 0. The number of benzene rings is 2. The Morgan fingerprint density at radius 1 is 1.14 bits per heavy atom. The monoisotopic (exact) mass is 386 g/mol. The lowest BCUT2D eigenvalue weighted by atomic mass is 10.0. The van der Waals surface area contributed by atoms with Gasteiger partial charge in [-0.05, 0) is 37.6 Å². The molecule has 0 aliphatic carbocycles. The minimum atomic E-state index is -0.673. The van der Waals surface area contributed by atoms with Crippen molar-refractivity contribution in [3.63, 3.8) is 0 Å². The first kappa shape index (κ1) is 20.3. The summed E-state index contributed by atoms with van der Waals surface area (Å²) in [5.74, 6) is 0.210. The first-order chi connectivity index (χ1) is 13.5. The Bertz CT molecular complexity index is 774. The van der Waals surface area contributed by atoms with E-state index in [0.717, 1.165) is 11.3 Å². The Morgan fingerprint density at radius 2 is 1.82 bits per heavy atom. The number of ether oxygens (including phenoxy) is 2. The van der Waals surface area contributed by atoms with Gasteiger partial charge in [0.15, 0.2) is 0 Å². The molecule has 1 aliphatic rings. The molecule has 2 aromatic rings. The van der Waals surface area contributed by atoms with Crippen LogP contribution in [0.4, 0.5) is 4.39 Å². The van der Waals surface area contributed by atoms with Crippen molar-refractivity contribution in [2.24, 2.45) is 0 Å². The van der Waals surface area contributed by atoms with E-state index in [1.807, 2.05) is 43.0 Å². The molecule has 1 amide bonds. The van der Waals surface area contributed by atoms with E-state index in [4.69, 9.17) is 9.47 Å². The topological polar surface area (TPSA) is 50.8 Å². The van der Waals surface area contributed by atoms with Crippen molar-refractivity contribution in [1.29, 1.82) is 0 Å². The molecule has 0 radical (unpaired) electrons. The van der Waals surface area contributed by atoms with E-state index < -0.39 is 6.04 Å². The third kappa shape index (κ3) is 5.30. The summed E-state index contributed by atoms with van der Waals surface area (Å²) in [6.45, 7) is 6.58. The zero-order valence-corrected chi connectivity index (χ0v) is 16.4. The quantitative estimate of drug-likeness (QED) is 0.793. The van der Waals surface area contributed by atoms with Crippen LogP contribution in [0.2, 0.25) is 0 Å². The fourth-order valence-electron chi connectivity index (χ4n) is 3.28. The molecule has 1 atom stereocenters. The molecule has 6 heteroatoms. The Morgan fingerprint density at radius 3 is 2.46 bits per heavy atom. The molecule has 0 saturated carbocycles. The van der Waals surface area contributed by atoms with E-state index >= 15 is 0 Å². The highest BCUT2D eigenvalue weighted by Crippen LogP contribution is 2.25. The minimum absolute atomic E-state index is 0.112. The Balaban J connectivity index is 1.70. The third-order valence-corrected chi connectivity index (χ3v) is 4.62. The van der Waals surface area contributed by atoms with Crippen LogP contribution < -0.4 is 10.1 Å². The van der Waals surface area contributed by atoms with E-state index in [1.54, 1.807) is 18.2 Å². The maximum Gasteiger partial charge on any atom is 0.242 e. The van der Waals surface area contributed by atoms with Crippen LogP contribution in [0.3, 0.4) is 0 Å². The zero-order valence-electron chi connectivity index (χ0n) is 16.4. The number of carbonyl (C=O) groups is 1. The van der Waals surface area contributed by atoms with E-state index in [0.29, 0.717) is 38.4 Å². The molecule has 2 aromatic carbocycles. The van der Waals surface area contributed by atoms with Crippen LogP contribution in [0.5, 0.6) is 5.75 Å². The number of carbonyl (C=O) groups excluding carboxylic acids is 1. The maximum absolute atomic E-state index is 14.4. The molecule has 0 bridgehead atoms. The average Bonchev–Trinajstić information content (AvgIpc) is 2.69. The number of hydrogen-bond acceptors (Lipinski definition) is 4. The highest BCUT2D eigenvalue weighted by atomic mass is 19.1. The lowest BCUT2D eigenvalue weighted by Crippen LogP contribution is -2.46. The molecular weight excluding hydrogens is 359 g/mol. The van der Waals surface area contributed by atoms with Crippen molar-refractivity contribution < 1.29 is 18.7 Å². The number of amides is 1. The smallest absolute Gasteiger partial charge is 0.242 e. The molecule has 150 valence electrons. The molecule has 1 aliphatic heterocycles. The lowest BCUT2D eigenvalue weighted by Gasteiger charge is -2.34. The highest BCUT2D eigenvalue weighted by molar-refractivity contribution is 5.83. The van der Waals surface area contributed by atoms with Crippen LogP contribution in [0.1, 0.15) is 31.0 Å². The Labute approximate surface area is 165 Å². The summed E-state index contributed by atoms with van der Waals surface area (Å²) in [5.41, 5.74) is 1.35. The maximum atomic E-state index is 14.4. The zero-order chi connectivity index (χ0) is 19.9. The van der Waals surface area contributed by atoms with E-state index in [-0.39, 0.29) is 17.8 Å². The SMILES string of the molecule is CC(C)Oc1ccc(CNC(=O)C(c2ccccc2F)N2CCOCC2)cc1. The van der Waals surface area contributed by atoms with E-state index in [2.05, 4.69) is 5.32 Å². The number of nitrogens with zero attached hydrogens (tertiary/aromatic N) is 1. The van der Waals surface area contributed by atoms with Gasteiger partial charge in [0.05, 0.1) is 19.3 Å². The summed E-state index contributed by atoms with van der Waals surface area (Å²) in [4.78, 5) is 15.0. The van der Waals surface area contributed by atoms with Crippen molar-refractivity contribution in [2.45, 2.75) is 32.5 Å². The van der Waals surface area contributed by atoms with Gasteiger partial charge in [-0.3, -0.25) is 9.69 Å². The van der Waals surface area contributed by atoms with Gasteiger partial charge in [-0.2, -0.15) is 0 Å². The van der Waals surface area contributed by atoms with Crippen molar-refractivity contribution in [3.05, 3.63) is 65.5 Å². The minimum Gasteiger partial charge on any atom is -0.491 e. The molecule has 1 N–H and O–H groups in total. The number of nitrogens with one attached hydrogen (secondary N) is 1. The molecular formula is C22H27FN2O3. The van der Waals surface area contributed by atoms with Gasteiger partial charge in [-0.1, -0.05) is 30.3 Å². The van der Waals surface area contributed by atoms with Gasteiger partial charge in [0.1, 0.15) is 17.6 Å². The van der Waals surface area contributed by atoms with Gasteiger partial charge in [0.25, 0.3) is 0 Å². The molecule has 1 unspecified atom stereocenters. The molecule has 3 rings (SSSR count). The molecule has 5 nitrogen and oxygen atoms in total. The Kier molecular flexibility index (Phi) is 7.01. The molecule has 1 fully saturated rings. The van der Waals surface area contributed by atoms with Crippen LogP contribution in [0, 0.1) is 5.82 Å². The number of halogens is 1. The van der Waals surface area contributed by atoms with Crippen molar-refractivity contribution in [1.82, 2.24) is 10.2 Å². The first-order valence-corrected chi connectivity index (χ1v) is 9.64. The summed E-state index contributed by atoms with van der Waals surface area (Å²) >= 11 is 0. The van der Waals surface area contributed by atoms with E-state index in [9.17, 15) is 9.18 Å². The average molecular weight is 386 g/mol. The second-order valence-electron chi connectivity index (χ2n) is 7.10. The fourth-order valence-corrected chi connectivity index (χ4v) is 3.28. The summed E-state index contributed by atoms with van der Waals surface area (Å²) in [5, 5.41) is 2.95. The van der Waals surface area contributed by atoms with Crippen LogP contribution >= 0.6 is 0 Å². The second-order valence-corrected chi connectivity index (χ2v) is 7.10. The lowest BCUT2D eigenvalue weighted by molar-refractivity contribution is -0.128. The van der Waals surface area contributed by atoms with Crippen molar-refractivity contribution in [3.8, 4) is 5.75 Å². The molecule has 0 spiro atoms. The number of hydrogen-bond donors (Lipinski definition) is 1. The largest absolute Gasteiger partial charge is 0.491 e. The van der Waals surface area contributed by atoms with Crippen molar-refractivity contribution in [2.75, 3.05) is 26.3 Å². The Hall–Kier alpha value is -2.44. The highest BCUT2D eigenvalue weighted by Gasteiger charge is 2.30. The van der Waals surface area contributed by atoms with Gasteiger partial charge in [-0.15, -0.1) is 0 Å². The normalized spacial score (nSPS) is 16.0. The van der Waals surface area contributed by atoms with Gasteiger partial charge in [-0.25, -0.2) is 4.39 Å². The third-order valence-electron chi connectivity index (χ3n) is 4.62. The van der Waals surface area contributed by atoms with Crippen molar-refractivity contribution >= 4 is 5.91 Å². The van der Waals surface area contributed by atoms with Crippen LogP contribution in [-0.4, -0.2) is 43.2 Å². The predicted molar refractivity (Wildman–Crippen MR) is 106 cm³/mol. The first-order valence-electron chi connectivity index (χ1n) is 9.64. The van der Waals surface area contributed by atoms with Crippen LogP contribution in [0.15, 0.2) is 48.5 Å². The molecule has 1 saturated heterocycles.